The molecule has 0 aliphatic heterocycles. The van der Waals surface area contributed by atoms with Crippen LogP contribution in [0.15, 0.2) is 45.4 Å². The van der Waals surface area contributed by atoms with Gasteiger partial charge in [-0.1, -0.05) is 12.1 Å². The lowest BCUT2D eigenvalue weighted by Crippen LogP contribution is -2.19. The van der Waals surface area contributed by atoms with Gasteiger partial charge in [-0.3, -0.25) is 19.7 Å². The molecule has 6 nitrogen and oxygen atoms in total. The monoisotopic (exact) mass is 436 g/mol. The van der Waals surface area contributed by atoms with Gasteiger partial charge in [-0.2, -0.15) is 0 Å². The van der Waals surface area contributed by atoms with Crippen molar-refractivity contribution in [1.82, 2.24) is 4.98 Å². The average Bonchev–Trinajstić information content (AvgIpc) is 2.57. The van der Waals surface area contributed by atoms with Gasteiger partial charge in [-0.05, 0) is 50.1 Å². The minimum atomic E-state index is -0.518. The number of aromatic nitrogens is 1. The Morgan fingerprint density at radius 3 is 2.26 bits per heavy atom. The second kappa shape index (κ2) is 5.78. The molecule has 0 saturated heterocycles. The maximum absolute atomic E-state index is 12.3. The van der Waals surface area contributed by atoms with E-state index in [2.05, 4.69) is 36.8 Å². The minimum absolute atomic E-state index is 0.0271. The Bertz CT molecular complexity index is 921. The molecule has 0 spiro atoms. The topological polar surface area (TPSA) is 90.2 Å². The van der Waals surface area contributed by atoms with Gasteiger partial charge in [0.1, 0.15) is 5.69 Å². The highest BCUT2D eigenvalue weighted by molar-refractivity contribution is 9.14. The largest absolute Gasteiger partial charge is 0.288 e. The molecule has 0 unspecified atom stereocenters. The Hall–Kier alpha value is -2.19. The molecule has 0 amide bonds. The molecule has 0 fully saturated rings. The summed E-state index contributed by atoms with van der Waals surface area (Å²) in [6.45, 7) is 0. The quantitative estimate of drug-likeness (QED) is 0.522. The average molecular weight is 438 g/mol. The normalized spacial score (nSPS) is 14.0. The van der Waals surface area contributed by atoms with Gasteiger partial charge in [0.05, 0.1) is 30.7 Å². The zero-order valence-corrected chi connectivity index (χ0v) is 14.4. The first-order valence-electron chi connectivity index (χ1n) is 6.31. The number of benzene rings is 1. The van der Waals surface area contributed by atoms with Gasteiger partial charge in [0, 0.05) is 6.07 Å². The van der Waals surface area contributed by atoms with Gasteiger partial charge in [-0.25, -0.2) is 4.98 Å². The van der Waals surface area contributed by atoms with Crippen LogP contribution in [0.25, 0.3) is 11.3 Å². The van der Waals surface area contributed by atoms with Crippen molar-refractivity contribution in [3.63, 3.8) is 0 Å². The first-order valence-corrected chi connectivity index (χ1v) is 7.90. The highest BCUT2D eigenvalue weighted by Gasteiger charge is 2.31. The summed E-state index contributed by atoms with van der Waals surface area (Å²) in [7, 11) is 0. The number of hydrogen-bond acceptors (Lipinski definition) is 5. The maximum atomic E-state index is 12.3. The lowest BCUT2D eigenvalue weighted by atomic mass is 9.98. The SMILES string of the molecule is O=C1C(Br)=C(Br)C(=O)c2nc(-c3ccccc3[N+](=O)[O-])ccc21. The molecule has 114 valence electrons. The van der Waals surface area contributed by atoms with E-state index in [1.54, 1.807) is 18.2 Å². The summed E-state index contributed by atoms with van der Waals surface area (Å²) in [5, 5.41) is 11.1. The number of para-hydroxylation sites is 1. The van der Waals surface area contributed by atoms with Crippen LogP contribution in [0.5, 0.6) is 0 Å². The summed E-state index contributed by atoms with van der Waals surface area (Å²) in [6, 6.07) is 9.04. The number of rotatable bonds is 2. The van der Waals surface area contributed by atoms with Crippen LogP contribution in [-0.4, -0.2) is 21.5 Å². The molecule has 1 heterocycles. The summed E-state index contributed by atoms with van der Waals surface area (Å²) in [5.74, 6) is -0.819. The molecule has 0 bridgehead atoms. The van der Waals surface area contributed by atoms with E-state index in [0.717, 1.165) is 0 Å². The molecule has 1 aliphatic rings. The number of allylic oxidation sites excluding steroid dienone is 2. The molecule has 0 N–H and O–H groups in total. The van der Waals surface area contributed by atoms with Crippen molar-refractivity contribution in [1.29, 1.82) is 0 Å². The molecule has 0 radical (unpaired) electrons. The Balaban J connectivity index is 2.21. The number of ketones is 2. The number of nitro groups is 1. The van der Waals surface area contributed by atoms with Crippen LogP contribution in [0.1, 0.15) is 20.8 Å². The van der Waals surface area contributed by atoms with Gasteiger partial charge in [0.2, 0.25) is 11.6 Å². The second-order valence-electron chi connectivity index (χ2n) is 4.65. The second-order valence-corrected chi connectivity index (χ2v) is 6.24. The summed E-state index contributed by atoms with van der Waals surface area (Å²) < 4.78 is 0.220. The molecule has 1 aromatic carbocycles. The van der Waals surface area contributed by atoms with Crippen LogP contribution in [-0.2, 0) is 0 Å². The third kappa shape index (κ3) is 2.53. The van der Waals surface area contributed by atoms with Gasteiger partial charge >= 0.3 is 0 Å². The fourth-order valence-electron chi connectivity index (χ4n) is 2.24. The van der Waals surface area contributed by atoms with Gasteiger partial charge in [0.25, 0.3) is 5.69 Å². The predicted octanol–water partition coefficient (Wildman–Crippen LogP) is 4.04. The van der Waals surface area contributed by atoms with E-state index in [-0.39, 0.29) is 43.0 Å². The number of nitrogens with zero attached hydrogens (tertiary/aromatic N) is 2. The van der Waals surface area contributed by atoms with E-state index in [1.807, 2.05) is 0 Å². The van der Waals surface area contributed by atoms with Crippen molar-refractivity contribution in [2.45, 2.75) is 0 Å². The zero-order valence-electron chi connectivity index (χ0n) is 11.2. The van der Waals surface area contributed by atoms with Crippen molar-refractivity contribution < 1.29 is 14.5 Å². The minimum Gasteiger partial charge on any atom is -0.288 e. The number of hydrogen-bond donors (Lipinski definition) is 0. The van der Waals surface area contributed by atoms with Gasteiger partial charge in [-0.15, -0.1) is 0 Å². The fourth-order valence-corrected chi connectivity index (χ4v) is 3.00. The number of fused-ring (bicyclic) bond motifs is 1. The van der Waals surface area contributed by atoms with Crippen molar-refractivity contribution >= 4 is 49.1 Å². The Morgan fingerprint density at radius 1 is 0.913 bits per heavy atom. The maximum Gasteiger partial charge on any atom is 0.278 e. The molecule has 3 rings (SSSR count). The van der Waals surface area contributed by atoms with Crippen molar-refractivity contribution in [2.75, 3.05) is 0 Å². The number of pyridine rings is 1. The van der Waals surface area contributed by atoms with Crippen molar-refractivity contribution in [2.24, 2.45) is 0 Å². The molecule has 0 atom stereocenters. The van der Waals surface area contributed by atoms with Gasteiger partial charge in [0.15, 0.2) is 0 Å². The molecular formula is C15H6Br2N2O4. The Kier molecular flexibility index (Phi) is 3.95. The molecule has 1 aliphatic carbocycles. The van der Waals surface area contributed by atoms with Crippen molar-refractivity contribution in [3.8, 4) is 11.3 Å². The number of Topliss-reactive ketones (excluding diaryl/α,β-unsaturated/α-hetero) is 2. The standard InChI is InChI=1S/C15H6Br2N2O4/c16-11-12(17)15(21)13-8(14(11)20)5-6-9(18-13)7-3-1-2-4-10(7)19(22)23/h1-6H. The van der Waals surface area contributed by atoms with E-state index in [4.69, 9.17) is 0 Å². The Labute approximate surface area is 146 Å². The summed E-state index contributed by atoms with van der Waals surface area (Å²) in [6.07, 6.45) is 0. The first kappa shape index (κ1) is 15.7. The number of carbonyl (C=O) groups excluding carboxylic acids is 2. The molecule has 0 saturated carbocycles. The zero-order chi connectivity index (χ0) is 16.7. The van der Waals surface area contributed by atoms with Crippen molar-refractivity contribution in [3.05, 3.63) is 66.7 Å². The lowest BCUT2D eigenvalue weighted by Gasteiger charge is -2.14. The van der Waals surface area contributed by atoms with Crippen LogP contribution in [0.2, 0.25) is 0 Å². The van der Waals surface area contributed by atoms with E-state index < -0.39 is 10.7 Å². The van der Waals surface area contributed by atoms with Crippen LogP contribution < -0.4 is 0 Å². The smallest absolute Gasteiger partial charge is 0.278 e. The van der Waals surface area contributed by atoms with E-state index in [1.165, 1.54) is 18.2 Å². The summed E-state index contributed by atoms with van der Waals surface area (Å²) >= 11 is 6.13. The molecule has 23 heavy (non-hydrogen) atoms. The highest BCUT2D eigenvalue weighted by atomic mass is 79.9. The van der Waals surface area contributed by atoms with Crippen LogP contribution >= 0.6 is 31.9 Å². The van der Waals surface area contributed by atoms with Crippen LogP contribution in [0.3, 0.4) is 0 Å². The highest BCUT2D eigenvalue weighted by Crippen LogP contribution is 2.34. The fraction of sp³-hybridized carbons (Fsp3) is 0. The molecule has 8 heteroatoms. The van der Waals surface area contributed by atoms with Gasteiger partial charge < -0.3 is 0 Å². The van der Waals surface area contributed by atoms with Crippen LogP contribution in [0, 0.1) is 10.1 Å². The molecule has 2 aromatic rings. The summed E-state index contributed by atoms with van der Waals surface area (Å²) in [5.41, 5.74) is 0.555. The van der Waals surface area contributed by atoms with E-state index in [9.17, 15) is 19.7 Å². The van der Waals surface area contributed by atoms with Crippen LogP contribution in [0.4, 0.5) is 5.69 Å². The lowest BCUT2D eigenvalue weighted by molar-refractivity contribution is -0.384. The third-order valence-corrected chi connectivity index (χ3v) is 5.37. The molecule has 1 aromatic heterocycles. The number of halogens is 2. The summed E-state index contributed by atoms with van der Waals surface area (Å²) in [4.78, 5) is 39.2. The van der Waals surface area contributed by atoms with E-state index in [0.29, 0.717) is 0 Å². The predicted molar refractivity (Wildman–Crippen MR) is 89.9 cm³/mol. The first-order chi connectivity index (χ1) is 10.9. The number of carbonyl (C=O) groups is 2. The number of nitro benzene ring substituents is 1. The molecular weight excluding hydrogens is 432 g/mol. The van der Waals surface area contributed by atoms with E-state index >= 15 is 0 Å². The Morgan fingerprint density at radius 2 is 1.57 bits per heavy atom. The third-order valence-electron chi connectivity index (χ3n) is 3.32.